The fourth-order valence-corrected chi connectivity index (χ4v) is 1.60. The molecule has 2 aromatic rings. The van der Waals surface area contributed by atoms with Crippen molar-refractivity contribution in [2.45, 2.75) is 20.5 Å². The van der Waals surface area contributed by atoms with E-state index in [0.717, 1.165) is 5.75 Å². The molecule has 0 saturated carbocycles. The van der Waals surface area contributed by atoms with Crippen molar-refractivity contribution in [1.29, 1.82) is 0 Å². The number of ether oxygens (including phenoxy) is 1. The lowest BCUT2D eigenvalue weighted by Crippen LogP contribution is -1.95. The summed E-state index contributed by atoms with van der Waals surface area (Å²) in [4.78, 5) is 0. The van der Waals surface area contributed by atoms with E-state index in [1.165, 1.54) is 16.7 Å². The molecule has 2 aromatic carbocycles. The molecule has 0 aromatic heterocycles. The second-order valence-electron chi connectivity index (χ2n) is 4.09. The molecular formula is C15H16O. The van der Waals surface area contributed by atoms with Crippen LogP contribution in [0.3, 0.4) is 0 Å². The lowest BCUT2D eigenvalue weighted by molar-refractivity contribution is 0.306. The maximum Gasteiger partial charge on any atom is 0.119 e. The normalized spacial score (nSPS) is 10.1. The maximum atomic E-state index is 5.70. The predicted octanol–water partition coefficient (Wildman–Crippen LogP) is 3.88. The lowest BCUT2D eigenvalue weighted by Gasteiger charge is -2.07. The summed E-state index contributed by atoms with van der Waals surface area (Å²) >= 11 is 0. The van der Waals surface area contributed by atoms with Crippen LogP contribution in [-0.4, -0.2) is 0 Å². The topological polar surface area (TPSA) is 9.23 Å². The molecule has 0 atom stereocenters. The van der Waals surface area contributed by atoms with Crippen molar-refractivity contribution in [3.8, 4) is 5.75 Å². The van der Waals surface area contributed by atoms with Crippen LogP contribution >= 0.6 is 0 Å². The van der Waals surface area contributed by atoms with E-state index in [2.05, 4.69) is 50.2 Å². The average molecular weight is 212 g/mol. The second kappa shape index (κ2) is 4.84. The predicted molar refractivity (Wildman–Crippen MR) is 66.7 cm³/mol. The minimum Gasteiger partial charge on any atom is -0.489 e. The SMILES string of the molecule is Cc1ccc(OCc2cccc(C)c2)cc1. The van der Waals surface area contributed by atoms with Gasteiger partial charge >= 0.3 is 0 Å². The number of hydrogen-bond donors (Lipinski definition) is 0. The molecule has 0 radical (unpaired) electrons. The van der Waals surface area contributed by atoms with E-state index < -0.39 is 0 Å². The van der Waals surface area contributed by atoms with Crippen molar-refractivity contribution >= 4 is 0 Å². The third-order valence-corrected chi connectivity index (χ3v) is 2.51. The Kier molecular flexibility index (Phi) is 3.25. The molecule has 0 saturated heterocycles. The zero-order valence-electron chi connectivity index (χ0n) is 9.73. The molecule has 0 aliphatic carbocycles. The van der Waals surface area contributed by atoms with Crippen LogP contribution in [0, 0.1) is 13.8 Å². The van der Waals surface area contributed by atoms with Gasteiger partial charge in [-0.3, -0.25) is 0 Å². The zero-order valence-corrected chi connectivity index (χ0v) is 9.73. The summed E-state index contributed by atoms with van der Waals surface area (Å²) in [7, 11) is 0. The van der Waals surface area contributed by atoms with Gasteiger partial charge in [0, 0.05) is 0 Å². The Labute approximate surface area is 96.7 Å². The maximum absolute atomic E-state index is 5.70. The summed E-state index contributed by atoms with van der Waals surface area (Å²) in [6, 6.07) is 16.5. The quantitative estimate of drug-likeness (QED) is 0.750. The summed E-state index contributed by atoms with van der Waals surface area (Å²) in [5.74, 6) is 0.923. The van der Waals surface area contributed by atoms with Crippen LogP contribution in [0.2, 0.25) is 0 Å². The summed E-state index contributed by atoms with van der Waals surface area (Å²) < 4.78 is 5.70. The van der Waals surface area contributed by atoms with Gasteiger partial charge in [-0.05, 0) is 31.5 Å². The Morgan fingerprint density at radius 3 is 2.31 bits per heavy atom. The molecule has 0 fully saturated rings. The lowest BCUT2D eigenvalue weighted by atomic mass is 10.1. The fourth-order valence-electron chi connectivity index (χ4n) is 1.60. The zero-order chi connectivity index (χ0) is 11.4. The Morgan fingerprint density at radius 2 is 1.62 bits per heavy atom. The Morgan fingerprint density at radius 1 is 0.875 bits per heavy atom. The van der Waals surface area contributed by atoms with Crippen LogP contribution in [0.25, 0.3) is 0 Å². The first-order chi connectivity index (χ1) is 7.74. The van der Waals surface area contributed by atoms with Crippen molar-refractivity contribution in [2.75, 3.05) is 0 Å². The monoisotopic (exact) mass is 212 g/mol. The molecule has 0 spiro atoms. The molecule has 1 heteroatoms. The number of aryl methyl sites for hydroxylation is 2. The van der Waals surface area contributed by atoms with Gasteiger partial charge in [0.25, 0.3) is 0 Å². The smallest absolute Gasteiger partial charge is 0.119 e. The van der Waals surface area contributed by atoms with Gasteiger partial charge in [0.15, 0.2) is 0 Å². The highest BCUT2D eigenvalue weighted by Gasteiger charge is 1.95. The van der Waals surface area contributed by atoms with E-state index in [1.807, 2.05) is 12.1 Å². The van der Waals surface area contributed by atoms with E-state index in [1.54, 1.807) is 0 Å². The van der Waals surface area contributed by atoms with E-state index in [-0.39, 0.29) is 0 Å². The van der Waals surface area contributed by atoms with Gasteiger partial charge in [0.05, 0.1) is 0 Å². The average Bonchev–Trinajstić information content (AvgIpc) is 2.28. The first-order valence-corrected chi connectivity index (χ1v) is 5.49. The van der Waals surface area contributed by atoms with Crippen LogP contribution in [0.5, 0.6) is 5.75 Å². The van der Waals surface area contributed by atoms with Gasteiger partial charge in [0.2, 0.25) is 0 Å². The minimum absolute atomic E-state index is 0.630. The van der Waals surface area contributed by atoms with Gasteiger partial charge in [-0.2, -0.15) is 0 Å². The molecule has 0 N–H and O–H groups in total. The molecule has 0 aliphatic rings. The van der Waals surface area contributed by atoms with Crippen molar-refractivity contribution < 1.29 is 4.74 Å². The van der Waals surface area contributed by atoms with Crippen LogP contribution in [0.4, 0.5) is 0 Å². The van der Waals surface area contributed by atoms with Crippen LogP contribution in [0.15, 0.2) is 48.5 Å². The molecule has 0 unspecified atom stereocenters. The molecule has 1 nitrogen and oxygen atoms in total. The third kappa shape index (κ3) is 2.86. The van der Waals surface area contributed by atoms with E-state index in [0.29, 0.717) is 6.61 Å². The standard InChI is InChI=1S/C15H16O/c1-12-6-8-15(9-7-12)16-11-14-5-3-4-13(2)10-14/h3-10H,11H2,1-2H3. The molecule has 16 heavy (non-hydrogen) atoms. The summed E-state index contributed by atoms with van der Waals surface area (Å²) in [5.41, 5.74) is 3.73. The van der Waals surface area contributed by atoms with Gasteiger partial charge in [-0.1, -0.05) is 47.5 Å². The second-order valence-corrected chi connectivity index (χ2v) is 4.09. The van der Waals surface area contributed by atoms with Crippen molar-refractivity contribution in [3.05, 3.63) is 65.2 Å². The number of hydrogen-bond acceptors (Lipinski definition) is 1. The highest BCUT2D eigenvalue weighted by Crippen LogP contribution is 2.14. The van der Waals surface area contributed by atoms with Gasteiger partial charge in [-0.15, -0.1) is 0 Å². The molecule has 2 rings (SSSR count). The Bertz CT molecular complexity index is 457. The van der Waals surface area contributed by atoms with E-state index in [4.69, 9.17) is 4.74 Å². The first-order valence-electron chi connectivity index (χ1n) is 5.49. The molecule has 0 bridgehead atoms. The van der Waals surface area contributed by atoms with Crippen molar-refractivity contribution in [1.82, 2.24) is 0 Å². The molecule has 0 heterocycles. The number of benzene rings is 2. The number of rotatable bonds is 3. The summed E-state index contributed by atoms with van der Waals surface area (Å²) in [6.07, 6.45) is 0. The highest BCUT2D eigenvalue weighted by molar-refractivity contribution is 5.27. The fraction of sp³-hybridized carbons (Fsp3) is 0.200. The van der Waals surface area contributed by atoms with Gasteiger partial charge in [-0.25, -0.2) is 0 Å². The van der Waals surface area contributed by atoms with E-state index >= 15 is 0 Å². The van der Waals surface area contributed by atoms with Crippen LogP contribution < -0.4 is 4.74 Å². The van der Waals surface area contributed by atoms with Crippen LogP contribution in [-0.2, 0) is 6.61 Å². The first kappa shape index (κ1) is 10.7. The minimum atomic E-state index is 0.630. The van der Waals surface area contributed by atoms with Gasteiger partial charge in [0.1, 0.15) is 12.4 Å². The van der Waals surface area contributed by atoms with Crippen molar-refractivity contribution in [2.24, 2.45) is 0 Å². The molecule has 0 aliphatic heterocycles. The largest absolute Gasteiger partial charge is 0.489 e. The summed E-state index contributed by atoms with van der Waals surface area (Å²) in [6.45, 7) is 4.80. The Balaban J connectivity index is 1.99. The molecule has 0 amide bonds. The van der Waals surface area contributed by atoms with Crippen molar-refractivity contribution in [3.63, 3.8) is 0 Å². The molecular weight excluding hydrogens is 196 g/mol. The van der Waals surface area contributed by atoms with Gasteiger partial charge < -0.3 is 4.74 Å². The third-order valence-electron chi connectivity index (χ3n) is 2.51. The van der Waals surface area contributed by atoms with Crippen LogP contribution in [0.1, 0.15) is 16.7 Å². The Hall–Kier alpha value is -1.76. The molecule has 82 valence electrons. The highest BCUT2D eigenvalue weighted by atomic mass is 16.5. The summed E-state index contributed by atoms with van der Waals surface area (Å²) in [5, 5.41) is 0. The van der Waals surface area contributed by atoms with E-state index in [9.17, 15) is 0 Å².